The van der Waals surface area contributed by atoms with Gasteiger partial charge >= 0.3 is 0 Å². The Bertz CT molecular complexity index is 737. The molecular weight excluding hydrogens is 344 g/mol. The van der Waals surface area contributed by atoms with Gasteiger partial charge in [0, 0.05) is 22.8 Å². The lowest BCUT2D eigenvalue weighted by Gasteiger charge is -2.09. The Kier molecular flexibility index (Phi) is 5.64. The minimum Gasteiger partial charge on any atom is -0.380 e. The molecule has 22 heavy (non-hydrogen) atoms. The first kappa shape index (κ1) is 16.1. The topological polar surface area (TPSA) is 70.3 Å². The van der Waals surface area contributed by atoms with Gasteiger partial charge in [0.25, 0.3) is 0 Å². The molecule has 0 aliphatic carbocycles. The molecule has 0 unspecified atom stereocenters. The lowest BCUT2D eigenvalue weighted by molar-refractivity contribution is 0.184. The molecule has 2 aromatic rings. The molecule has 0 saturated heterocycles. The van der Waals surface area contributed by atoms with E-state index in [0.29, 0.717) is 18.0 Å². The average Bonchev–Trinajstić information content (AvgIpc) is 2.47. The van der Waals surface area contributed by atoms with Gasteiger partial charge in [-0.25, -0.2) is 4.98 Å². The maximum atomic E-state index is 9.33. The van der Waals surface area contributed by atoms with Crippen LogP contribution in [0.1, 0.15) is 22.4 Å². The molecule has 0 amide bonds. The van der Waals surface area contributed by atoms with E-state index >= 15 is 0 Å². The molecule has 5 nitrogen and oxygen atoms in total. The summed E-state index contributed by atoms with van der Waals surface area (Å²) in [6.07, 6.45) is 1.67. The van der Waals surface area contributed by atoms with Crippen LogP contribution < -0.4 is 5.43 Å². The standard InChI is InChI=1S/C16H15BrN4O/c1-11-6-13(10-22-2)15(8-18)16(20-11)21-19-9-12-4-3-5-14(17)7-12/h3-7,9H,10H2,1-2H3,(H,20,21)/b19-9-. The van der Waals surface area contributed by atoms with Crippen molar-refractivity contribution in [1.82, 2.24) is 4.98 Å². The van der Waals surface area contributed by atoms with Crippen LogP contribution in [0.4, 0.5) is 5.82 Å². The molecule has 6 heteroatoms. The number of ether oxygens (including phenoxy) is 1. The molecule has 0 fully saturated rings. The molecule has 1 heterocycles. The number of halogens is 1. The van der Waals surface area contributed by atoms with E-state index < -0.39 is 0 Å². The van der Waals surface area contributed by atoms with Crippen molar-refractivity contribution in [3.05, 3.63) is 57.2 Å². The van der Waals surface area contributed by atoms with Gasteiger partial charge in [-0.05, 0) is 30.7 Å². The molecule has 0 atom stereocenters. The second-order valence-corrected chi connectivity index (χ2v) is 5.53. The second kappa shape index (κ2) is 7.69. The van der Waals surface area contributed by atoms with Crippen molar-refractivity contribution < 1.29 is 4.74 Å². The zero-order valence-corrected chi connectivity index (χ0v) is 13.9. The number of nitrogens with one attached hydrogen (secondary N) is 1. The number of hydrogen-bond acceptors (Lipinski definition) is 5. The summed E-state index contributed by atoms with van der Waals surface area (Å²) in [5.41, 5.74) is 5.80. The second-order valence-electron chi connectivity index (χ2n) is 4.62. The van der Waals surface area contributed by atoms with Gasteiger partial charge in [0.1, 0.15) is 11.6 Å². The van der Waals surface area contributed by atoms with Crippen molar-refractivity contribution in [1.29, 1.82) is 5.26 Å². The number of nitriles is 1. The van der Waals surface area contributed by atoms with Crippen LogP contribution in [0.25, 0.3) is 0 Å². The van der Waals surface area contributed by atoms with E-state index in [0.717, 1.165) is 21.3 Å². The fourth-order valence-electron chi connectivity index (χ4n) is 1.97. The first-order valence-electron chi connectivity index (χ1n) is 6.58. The summed E-state index contributed by atoms with van der Waals surface area (Å²) >= 11 is 3.41. The molecule has 0 aliphatic heterocycles. The van der Waals surface area contributed by atoms with Gasteiger partial charge in [0.05, 0.1) is 12.8 Å². The first-order valence-corrected chi connectivity index (χ1v) is 7.37. The van der Waals surface area contributed by atoms with Crippen LogP contribution >= 0.6 is 15.9 Å². The number of anilines is 1. The smallest absolute Gasteiger partial charge is 0.164 e. The zero-order chi connectivity index (χ0) is 15.9. The third kappa shape index (κ3) is 4.13. The fourth-order valence-corrected chi connectivity index (χ4v) is 2.39. The van der Waals surface area contributed by atoms with E-state index in [2.05, 4.69) is 37.5 Å². The minimum atomic E-state index is 0.357. The van der Waals surface area contributed by atoms with Gasteiger partial charge in [0.2, 0.25) is 0 Å². The van der Waals surface area contributed by atoms with Crippen molar-refractivity contribution in [3.8, 4) is 6.07 Å². The predicted octanol–water partition coefficient (Wildman–Crippen LogP) is 3.62. The molecule has 1 aromatic carbocycles. The third-order valence-electron chi connectivity index (χ3n) is 2.87. The van der Waals surface area contributed by atoms with Crippen LogP contribution in [0.2, 0.25) is 0 Å². The predicted molar refractivity (Wildman–Crippen MR) is 89.8 cm³/mol. The molecule has 0 bridgehead atoms. The highest BCUT2D eigenvalue weighted by atomic mass is 79.9. The largest absolute Gasteiger partial charge is 0.380 e. The third-order valence-corrected chi connectivity index (χ3v) is 3.37. The molecular formula is C16H15BrN4O. The maximum Gasteiger partial charge on any atom is 0.164 e. The molecule has 112 valence electrons. The van der Waals surface area contributed by atoms with Gasteiger partial charge < -0.3 is 4.74 Å². The number of nitrogens with zero attached hydrogens (tertiary/aromatic N) is 3. The quantitative estimate of drug-likeness (QED) is 0.654. The Morgan fingerprint density at radius 3 is 2.95 bits per heavy atom. The van der Waals surface area contributed by atoms with Gasteiger partial charge in [-0.2, -0.15) is 10.4 Å². The summed E-state index contributed by atoms with van der Waals surface area (Å²) in [6, 6.07) is 11.7. The number of hydrogen-bond donors (Lipinski definition) is 1. The first-order chi connectivity index (χ1) is 10.6. The number of benzene rings is 1. The Morgan fingerprint density at radius 2 is 2.27 bits per heavy atom. The maximum absolute atomic E-state index is 9.33. The van der Waals surface area contributed by atoms with Gasteiger partial charge in [-0.15, -0.1) is 0 Å². The van der Waals surface area contributed by atoms with Crippen molar-refractivity contribution in [2.75, 3.05) is 12.5 Å². The number of hydrazone groups is 1. The number of rotatable bonds is 5. The molecule has 0 radical (unpaired) electrons. The van der Waals surface area contributed by atoms with E-state index in [1.165, 1.54) is 0 Å². The summed E-state index contributed by atoms with van der Waals surface area (Å²) in [5.74, 6) is 0.431. The average molecular weight is 359 g/mol. The lowest BCUT2D eigenvalue weighted by Crippen LogP contribution is -2.03. The van der Waals surface area contributed by atoms with Crippen LogP contribution in [0, 0.1) is 18.3 Å². The van der Waals surface area contributed by atoms with E-state index in [-0.39, 0.29) is 0 Å². The summed E-state index contributed by atoms with van der Waals surface area (Å²) in [7, 11) is 1.59. The van der Waals surface area contributed by atoms with E-state index in [4.69, 9.17) is 4.74 Å². The van der Waals surface area contributed by atoms with Gasteiger partial charge in [0.15, 0.2) is 5.82 Å². The number of pyridine rings is 1. The molecule has 2 rings (SSSR count). The van der Waals surface area contributed by atoms with Crippen LogP contribution in [0.3, 0.4) is 0 Å². The van der Waals surface area contributed by atoms with Crippen molar-refractivity contribution >= 4 is 28.0 Å². The van der Waals surface area contributed by atoms with E-state index in [1.54, 1.807) is 13.3 Å². The van der Waals surface area contributed by atoms with Crippen molar-refractivity contribution in [2.24, 2.45) is 5.10 Å². The Hall–Kier alpha value is -2.23. The summed E-state index contributed by atoms with van der Waals surface area (Å²) < 4.78 is 6.09. The number of aromatic nitrogens is 1. The van der Waals surface area contributed by atoms with Crippen LogP contribution in [0.15, 0.2) is 39.9 Å². The van der Waals surface area contributed by atoms with Crippen molar-refractivity contribution in [2.45, 2.75) is 13.5 Å². The number of aryl methyl sites for hydroxylation is 1. The highest BCUT2D eigenvalue weighted by molar-refractivity contribution is 9.10. The molecule has 0 saturated carbocycles. The fraction of sp³-hybridized carbons (Fsp3) is 0.188. The van der Waals surface area contributed by atoms with Crippen LogP contribution in [-0.4, -0.2) is 18.3 Å². The van der Waals surface area contributed by atoms with Crippen LogP contribution in [-0.2, 0) is 11.3 Å². The van der Waals surface area contributed by atoms with Crippen LogP contribution in [0.5, 0.6) is 0 Å². The molecule has 0 aliphatic rings. The minimum absolute atomic E-state index is 0.357. The van der Waals surface area contributed by atoms with Crippen molar-refractivity contribution in [3.63, 3.8) is 0 Å². The van der Waals surface area contributed by atoms with Gasteiger partial charge in [-0.3, -0.25) is 5.43 Å². The highest BCUT2D eigenvalue weighted by Gasteiger charge is 2.10. The monoisotopic (exact) mass is 358 g/mol. The summed E-state index contributed by atoms with van der Waals surface area (Å²) in [4.78, 5) is 4.32. The molecule has 1 aromatic heterocycles. The number of methoxy groups -OCH3 is 1. The Labute approximate surface area is 137 Å². The summed E-state index contributed by atoms with van der Waals surface area (Å²) in [5, 5.41) is 13.5. The SMILES string of the molecule is COCc1cc(C)nc(N/N=C\c2cccc(Br)c2)c1C#N. The lowest BCUT2D eigenvalue weighted by atomic mass is 10.1. The van der Waals surface area contributed by atoms with E-state index in [9.17, 15) is 5.26 Å². The van der Waals surface area contributed by atoms with E-state index in [1.807, 2.05) is 37.3 Å². The Morgan fingerprint density at radius 1 is 1.45 bits per heavy atom. The highest BCUT2D eigenvalue weighted by Crippen LogP contribution is 2.19. The zero-order valence-electron chi connectivity index (χ0n) is 12.3. The van der Waals surface area contributed by atoms with Gasteiger partial charge in [-0.1, -0.05) is 28.1 Å². The Balaban J connectivity index is 2.24. The molecule has 0 spiro atoms. The molecule has 1 N–H and O–H groups in total. The normalized spacial score (nSPS) is 10.6. The summed E-state index contributed by atoms with van der Waals surface area (Å²) in [6.45, 7) is 2.22.